The normalized spacial score (nSPS) is 12.2. The minimum atomic E-state index is -3.61. The van der Waals surface area contributed by atoms with Gasteiger partial charge in [-0.25, -0.2) is 8.42 Å². The summed E-state index contributed by atoms with van der Waals surface area (Å²) in [6.45, 7) is 10.9. The van der Waals surface area contributed by atoms with Crippen molar-refractivity contribution in [3.63, 3.8) is 0 Å². The number of nitrogens with one attached hydrogen (secondary N) is 1. The highest BCUT2D eigenvalue weighted by molar-refractivity contribution is 7.92. The first kappa shape index (κ1) is 30.2. The summed E-state index contributed by atoms with van der Waals surface area (Å²) in [7, 11) is -3.61. The summed E-state index contributed by atoms with van der Waals surface area (Å²) >= 11 is 0. The lowest BCUT2D eigenvalue weighted by molar-refractivity contribution is -0.140. The topological polar surface area (TPSA) is 96.0 Å². The summed E-state index contributed by atoms with van der Waals surface area (Å²) in [6, 6.07) is 14.1. The van der Waals surface area contributed by atoms with E-state index in [0.29, 0.717) is 37.1 Å². The summed E-state index contributed by atoms with van der Waals surface area (Å²) in [4.78, 5) is 27.8. The standard InChI is InChI=1S/C28H41N3O5S/c1-7-36-26-12-9-8-11-25(26)31(37(6,34)35)18-10-13-27(32)30(20-24-16-14-22(4)15-17-24)23(5)28(33)29-19-21(2)3/h8-9,11-12,14-17,21,23H,7,10,13,18-20H2,1-6H3,(H,29,33). The van der Waals surface area contributed by atoms with E-state index in [2.05, 4.69) is 5.32 Å². The van der Waals surface area contributed by atoms with Gasteiger partial charge in [0, 0.05) is 26.1 Å². The van der Waals surface area contributed by atoms with Crippen molar-refractivity contribution in [3.05, 3.63) is 59.7 Å². The third-order valence-electron chi connectivity index (χ3n) is 5.91. The highest BCUT2D eigenvalue weighted by atomic mass is 32.2. The minimum absolute atomic E-state index is 0.0937. The number of rotatable bonds is 14. The van der Waals surface area contributed by atoms with Gasteiger partial charge in [0.2, 0.25) is 21.8 Å². The lowest BCUT2D eigenvalue weighted by Gasteiger charge is -2.30. The Hall–Kier alpha value is -3.07. The Balaban J connectivity index is 2.19. The van der Waals surface area contributed by atoms with Crippen LogP contribution in [-0.4, -0.2) is 57.1 Å². The number of carbonyl (C=O) groups is 2. The Morgan fingerprint density at radius 3 is 2.27 bits per heavy atom. The zero-order chi connectivity index (χ0) is 27.6. The fraction of sp³-hybridized carbons (Fsp3) is 0.500. The Kier molecular flexibility index (Phi) is 11.4. The summed E-state index contributed by atoms with van der Waals surface area (Å²) in [6.07, 6.45) is 1.52. The van der Waals surface area contributed by atoms with Gasteiger partial charge >= 0.3 is 0 Å². The van der Waals surface area contributed by atoms with Crippen molar-refractivity contribution in [3.8, 4) is 5.75 Å². The second-order valence-corrected chi connectivity index (χ2v) is 11.6. The number of sulfonamides is 1. The van der Waals surface area contributed by atoms with E-state index in [0.717, 1.165) is 17.4 Å². The lowest BCUT2D eigenvalue weighted by atomic mass is 10.1. The Morgan fingerprint density at radius 2 is 1.68 bits per heavy atom. The number of ether oxygens (including phenoxy) is 1. The van der Waals surface area contributed by atoms with E-state index >= 15 is 0 Å². The smallest absolute Gasteiger partial charge is 0.242 e. The number of nitrogens with zero attached hydrogens (tertiary/aromatic N) is 2. The molecule has 2 amide bonds. The molecule has 0 aromatic heterocycles. The second-order valence-electron chi connectivity index (χ2n) is 9.66. The number of aryl methyl sites for hydroxylation is 1. The number of anilines is 1. The molecule has 0 bridgehead atoms. The number of benzene rings is 2. The first-order chi connectivity index (χ1) is 17.4. The van der Waals surface area contributed by atoms with Crippen molar-refractivity contribution in [2.45, 2.75) is 60.0 Å². The molecular weight excluding hydrogens is 490 g/mol. The number of para-hydroxylation sites is 2. The van der Waals surface area contributed by atoms with Gasteiger partial charge in [-0.3, -0.25) is 13.9 Å². The average Bonchev–Trinajstić information content (AvgIpc) is 2.84. The summed E-state index contributed by atoms with van der Waals surface area (Å²) in [5.74, 6) is 0.342. The highest BCUT2D eigenvalue weighted by Gasteiger charge is 2.27. The number of hydrogen-bond donors (Lipinski definition) is 1. The van der Waals surface area contributed by atoms with Gasteiger partial charge in [0.15, 0.2) is 0 Å². The van der Waals surface area contributed by atoms with Crippen LogP contribution in [0.3, 0.4) is 0 Å². The SMILES string of the molecule is CCOc1ccccc1N(CCCC(=O)N(Cc1ccc(C)cc1)C(C)C(=O)NCC(C)C)S(C)(=O)=O. The first-order valence-electron chi connectivity index (χ1n) is 12.8. The highest BCUT2D eigenvalue weighted by Crippen LogP contribution is 2.30. The Bertz CT molecular complexity index is 1130. The third kappa shape index (κ3) is 9.39. The van der Waals surface area contributed by atoms with E-state index in [-0.39, 0.29) is 31.2 Å². The van der Waals surface area contributed by atoms with Crippen LogP contribution in [0.2, 0.25) is 0 Å². The summed E-state index contributed by atoms with van der Waals surface area (Å²) < 4.78 is 32.1. The van der Waals surface area contributed by atoms with Gasteiger partial charge in [0.1, 0.15) is 11.8 Å². The van der Waals surface area contributed by atoms with Crippen molar-refractivity contribution in [1.82, 2.24) is 10.2 Å². The fourth-order valence-corrected chi connectivity index (χ4v) is 4.82. The molecule has 0 saturated heterocycles. The van der Waals surface area contributed by atoms with E-state index < -0.39 is 16.1 Å². The van der Waals surface area contributed by atoms with Crippen molar-refractivity contribution in [2.75, 3.05) is 30.3 Å². The molecule has 1 unspecified atom stereocenters. The number of carbonyl (C=O) groups excluding carboxylic acids is 2. The van der Waals surface area contributed by atoms with Crippen LogP contribution in [-0.2, 0) is 26.2 Å². The van der Waals surface area contributed by atoms with Gasteiger partial charge in [-0.15, -0.1) is 0 Å². The maximum atomic E-state index is 13.4. The largest absolute Gasteiger partial charge is 0.492 e. The molecular formula is C28H41N3O5S. The molecule has 37 heavy (non-hydrogen) atoms. The van der Waals surface area contributed by atoms with E-state index in [9.17, 15) is 18.0 Å². The van der Waals surface area contributed by atoms with Crippen LogP contribution in [0, 0.1) is 12.8 Å². The van der Waals surface area contributed by atoms with Crippen LogP contribution in [0.1, 0.15) is 51.7 Å². The second kappa shape index (κ2) is 14.0. The predicted molar refractivity (Wildman–Crippen MR) is 148 cm³/mol. The van der Waals surface area contributed by atoms with Gasteiger partial charge in [-0.1, -0.05) is 55.8 Å². The van der Waals surface area contributed by atoms with E-state index in [4.69, 9.17) is 4.74 Å². The molecule has 0 aliphatic rings. The molecule has 8 nitrogen and oxygen atoms in total. The molecule has 1 atom stereocenters. The quantitative estimate of drug-likeness (QED) is 0.396. The van der Waals surface area contributed by atoms with Gasteiger partial charge in [-0.2, -0.15) is 0 Å². The molecule has 204 valence electrons. The van der Waals surface area contributed by atoms with Gasteiger partial charge in [0.25, 0.3) is 0 Å². The van der Waals surface area contributed by atoms with Gasteiger partial charge < -0.3 is 15.0 Å². The minimum Gasteiger partial charge on any atom is -0.492 e. The molecule has 0 aliphatic carbocycles. The number of hydrogen-bond acceptors (Lipinski definition) is 5. The molecule has 1 N–H and O–H groups in total. The molecule has 0 radical (unpaired) electrons. The van der Waals surface area contributed by atoms with E-state index in [1.165, 1.54) is 4.31 Å². The molecule has 2 rings (SSSR count). The number of amides is 2. The molecule has 9 heteroatoms. The average molecular weight is 532 g/mol. The van der Waals surface area contributed by atoms with Crippen molar-refractivity contribution >= 4 is 27.5 Å². The van der Waals surface area contributed by atoms with Crippen molar-refractivity contribution in [1.29, 1.82) is 0 Å². The molecule has 2 aromatic carbocycles. The van der Waals surface area contributed by atoms with Crippen LogP contribution >= 0.6 is 0 Å². The monoisotopic (exact) mass is 531 g/mol. The maximum absolute atomic E-state index is 13.4. The zero-order valence-electron chi connectivity index (χ0n) is 22.9. The molecule has 0 aliphatic heterocycles. The predicted octanol–water partition coefficient (Wildman–Crippen LogP) is 4.13. The van der Waals surface area contributed by atoms with Crippen LogP contribution in [0.15, 0.2) is 48.5 Å². The molecule has 2 aromatic rings. The molecule has 0 heterocycles. The lowest BCUT2D eigenvalue weighted by Crippen LogP contribution is -2.48. The fourth-order valence-electron chi connectivity index (χ4n) is 3.85. The molecule has 0 fully saturated rings. The van der Waals surface area contributed by atoms with Gasteiger partial charge in [0.05, 0.1) is 18.6 Å². The Labute approximate surface area is 222 Å². The van der Waals surface area contributed by atoms with Crippen LogP contribution in [0.25, 0.3) is 0 Å². The van der Waals surface area contributed by atoms with Crippen LogP contribution < -0.4 is 14.4 Å². The summed E-state index contributed by atoms with van der Waals surface area (Å²) in [5, 5.41) is 2.91. The van der Waals surface area contributed by atoms with E-state index in [1.807, 2.05) is 52.0 Å². The van der Waals surface area contributed by atoms with Crippen molar-refractivity contribution < 1.29 is 22.7 Å². The summed E-state index contributed by atoms with van der Waals surface area (Å²) in [5.41, 5.74) is 2.47. The van der Waals surface area contributed by atoms with Crippen LogP contribution in [0.4, 0.5) is 5.69 Å². The van der Waals surface area contributed by atoms with E-state index in [1.54, 1.807) is 36.1 Å². The molecule has 0 saturated carbocycles. The van der Waals surface area contributed by atoms with Crippen LogP contribution in [0.5, 0.6) is 5.75 Å². The van der Waals surface area contributed by atoms with Crippen molar-refractivity contribution in [2.24, 2.45) is 5.92 Å². The first-order valence-corrected chi connectivity index (χ1v) is 14.6. The molecule has 0 spiro atoms. The Morgan fingerprint density at radius 1 is 1.03 bits per heavy atom. The zero-order valence-corrected chi connectivity index (χ0v) is 23.7. The third-order valence-corrected chi connectivity index (χ3v) is 7.09. The maximum Gasteiger partial charge on any atom is 0.242 e. The van der Waals surface area contributed by atoms with Gasteiger partial charge in [-0.05, 0) is 50.8 Å².